The number of benzene rings is 2. The molecule has 0 bridgehead atoms. The van der Waals surface area contributed by atoms with Crippen LogP contribution in [0.3, 0.4) is 0 Å². The lowest BCUT2D eigenvalue weighted by atomic mass is 10.1. The third kappa shape index (κ3) is 3.23. The average Bonchev–Trinajstić information content (AvgIpc) is 2.53. The van der Waals surface area contributed by atoms with Crippen LogP contribution in [0.5, 0.6) is 17.2 Å². The first-order valence-corrected chi connectivity index (χ1v) is 6.38. The minimum atomic E-state index is -0.210. The molecule has 108 valence electrons. The molecule has 2 aromatic carbocycles. The van der Waals surface area contributed by atoms with Crippen LogP contribution in [0.2, 0.25) is 0 Å². The van der Waals surface area contributed by atoms with E-state index in [0.29, 0.717) is 22.6 Å². The van der Waals surface area contributed by atoms with Crippen LogP contribution in [-0.2, 0) is 0 Å². The van der Waals surface area contributed by atoms with Crippen LogP contribution in [0.1, 0.15) is 15.9 Å². The van der Waals surface area contributed by atoms with Crippen molar-refractivity contribution in [2.45, 2.75) is 0 Å². The third-order valence-electron chi connectivity index (χ3n) is 3.04. The van der Waals surface area contributed by atoms with Gasteiger partial charge in [-0.25, -0.2) is 0 Å². The highest BCUT2D eigenvalue weighted by atomic mass is 16.5. The van der Waals surface area contributed by atoms with Crippen molar-refractivity contribution in [3.8, 4) is 17.2 Å². The van der Waals surface area contributed by atoms with Crippen molar-refractivity contribution in [3.63, 3.8) is 0 Å². The molecule has 0 unspecified atom stereocenters. The number of phenolic OH excluding ortho intramolecular Hbond substituents is 1. The predicted molar refractivity (Wildman–Crippen MR) is 81.0 cm³/mol. The van der Waals surface area contributed by atoms with Gasteiger partial charge in [0.05, 0.1) is 25.3 Å². The lowest BCUT2D eigenvalue weighted by Crippen LogP contribution is -1.98. The van der Waals surface area contributed by atoms with Gasteiger partial charge in [0.2, 0.25) is 0 Å². The molecule has 2 aromatic rings. The lowest BCUT2D eigenvalue weighted by molar-refractivity contribution is 0.104. The van der Waals surface area contributed by atoms with Crippen LogP contribution in [0.25, 0.3) is 6.08 Å². The van der Waals surface area contributed by atoms with Gasteiger partial charge in [-0.1, -0.05) is 18.2 Å². The van der Waals surface area contributed by atoms with E-state index in [1.54, 1.807) is 36.4 Å². The summed E-state index contributed by atoms with van der Waals surface area (Å²) >= 11 is 0. The molecule has 2 rings (SSSR count). The molecule has 0 saturated heterocycles. The summed E-state index contributed by atoms with van der Waals surface area (Å²) in [4.78, 5) is 12.2. The Morgan fingerprint density at radius 2 is 1.67 bits per heavy atom. The summed E-state index contributed by atoms with van der Waals surface area (Å²) in [5.74, 6) is 0.853. The zero-order valence-corrected chi connectivity index (χ0v) is 11.9. The zero-order chi connectivity index (χ0) is 15.2. The Bertz CT molecular complexity index is 674. The molecule has 0 aliphatic carbocycles. The number of carbonyl (C=O) groups excluding carboxylic acids is 1. The van der Waals surface area contributed by atoms with E-state index in [1.165, 1.54) is 32.4 Å². The SMILES string of the molecule is COc1ccccc1C(=O)C=Cc1c(O)cccc1OC. The van der Waals surface area contributed by atoms with Crippen molar-refractivity contribution < 1.29 is 19.4 Å². The molecular formula is C17H16O4. The lowest BCUT2D eigenvalue weighted by Gasteiger charge is -2.07. The van der Waals surface area contributed by atoms with Crippen molar-refractivity contribution in [3.05, 3.63) is 59.7 Å². The van der Waals surface area contributed by atoms with Crippen LogP contribution < -0.4 is 9.47 Å². The molecule has 21 heavy (non-hydrogen) atoms. The molecule has 0 spiro atoms. The monoisotopic (exact) mass is 284 g/mol. The molecule has 0 atom stereocenters. The first kappa shape index (κ1) is 14.7. The maximum absolute atomic E-state index is 12.2. The van der Waals surface area contributed by atoms with Gasteiger partial charge in [0.25, 0.3) is 0 Å². The van der Waals surface area contributed by atoms with Gasteiger partial charge in [0.15, 0.2) is 5.78 Å². The van der Waals surface area contributed by atoms with Crippen molar-refractivity contribution in [2.75, 3.05) is 14.2 Å². The molecular weight excluding hydrogens is 268 g/mol. The van der Waals surface area contributed by atoms with E-state index >= 15 is 0 Å². The summed E-state index contributed by atoms with van der Waals surface area (Å²) in [5, 5.41) is 9.84. The second kappa shape index (κ2) is 6.61. The Kier molecular flexibility index (Phi) is 4.61. The maximum Gasteiger partial charge on any atom is 0.189 e. The average molecular weight is 284 g/mol. The Morgan fingerprint density at radius 3 is 2.38 bits per heavy atom. The van der Waals surface area contributed by atoms with Gasteiger partial charge in [-0.15, -0.1) is 0 Å². The highest BCUT2D eigenvalue weighted by molar-refractivity contribution is 6.08. The molecule has 0 amide bonds. The van der Waals surface area contributed by atoms with Crippen molar-refractivity contribution in [1.29, 1.82) is 0 Å². The van der Waals surface area contributed by atoms with E-state index in [4.69, 9.17) is 9.47 Å². The summed E-state index contributed by atoms with van der Waals surface area (Å²) in [7, 11) is 3.02. The molecule has 4 nitrogen and oxygen atoms in total. The van der Waals surface area contributed by atoms with Crippen molar-refractivity contribution >= 4 is 11.9 Å². The number of carbonyl (C=O) groups is 1. The maximum atomic E-state index is 12.2. The zero-order valence-electron chi connectivity index (χ0n) is 11.9. The summed E-state index contributed by atoms with van der Waals surface area (Å²) in [6.45, 7) is 0. The molecule has 1 N–H and O–H groups in total. The summed E-state index contributed by atoms with van der Waals surface area (Å²) < 4.78 is 10.3. The number of hydrogen-bond donors (Lipinski definition) is 1. The predicted octanol–water partition coefficient (Wildman–Crippen LogP) is 3.31. The van der Waals surface area contributed by atoms with Gasteiger partial charge in [0, 0.05) is 0 Å². The van der Waals surface area contributed by atoms with Crippen LogP contribution in [0.4, 0.5) is 0 Å². The number of para-hydroxylation sites is 1. The van der Waals surface area contributed by atoms with E-state index in [-0.39, 0.29) is 11.5 Å². The molecule has 0 heterocycles. The Morgan fingerprint density at radius 1 is 1.00 bits per heavy atom. The number of hydrogen-bond acceptors (Lipinski definition) is 4. The van der Waals surface area contributed by atoms with Crippen LogP contribution >= 0.6 is 0 Å². The first-order chi connectivity index (χ1) is 10.2. The number of rotatable bonds is 5. The second-order valence-electron chi connectivity index (χ2n) is 4.29. The van der Waals surface area contributed by atoms with Gasteiger partial charge < -0.3 is 14.6 Å². The first-order valence-electron chi connectivity index (χ1n) is 6.38. The molecule has 0 aliphatic rings. The summed E-state index contributed by atoms with van der Waals surface area (Å²) in [5.41, 5.74) is 0.925. The van der Waals surface area contributed by atoms with Crippen LogP contribution in [0.15, 0.2) is 48.5 Å². The van der Waals surface area contributed by atoms with Crippen LogP contribution in [0, 0.1) is 0 Å². The Hall–Kier alpha value is -2.75. The highest BCUT2D eigenvalue weighted by Gasteiger charge is 2.10. The van der Waals surface area contributed by atoms with Gasteiger partial charge >= 0.3 is 0 Å². The largest absolute Gasteiger partial charge is 0.507 e. The number of phenols is 1. The molecule has 4 heteroatoms. The van der Waals surface area contributed by atoms with Gasteiger partial charge in [-0.05, 0) is 36.4 Å². The number of allylic oxidation sites excluding steroid dienone is 1. The number of methoxy groups -OCH3 is 2. The smallest absolute Gasteiger partial charge is 0.189 e. The van der Waals surface area contributed by atoms with Crippen LogP contribution in [-0.4, -0.2) is 25.1 Å². The fourth-order valence-electron chi connectivity index (χ4n) is 1.97. The molecule has 0 aromatic heterocycles. The normalized spacial score (nSPS) is 10.6. The van der Waals surface area contributed by atoms with E-state index in [9.17, 15) is 9.90 Å². The molecule has 0 fully saturated rings. The fourth-order valence-corrected chi connectivity index (χ4v) is 1.97. The van der Waals surface area contributed by atoms with Gasteiger partial charge in [0.1, 0.15) is 17.2 Å². The Labute approximate surface area is 123 Å². The van der Waals surface area contributed by atoms with E-state index < -0.39 is 0 Å². The second-order valence-corrected chi connectivity index (χ2v) is 4.29. The van der Waals surface area contributed by atoms with E-state index in [1.807, 2.05) is 0 Å². The molecule has 0 radical (unpaired) electrons. The summed E-state index contributed by atoms with van der Waals surface area (Å²) in [6.07, 6.45) is 2.92. The number of aromatic hydroxyl groups is 1. The minimum absolute atomic E-state index is 0.0541. The summed E-state index contributed by atoms with van der Waals surface area (Å²) in [6, 6.07) is 11.9. The third-order valence-corrected chi connectivity index (χ3v) is 3.04. The topological polar surface area (TPSA) is 55.8 Å². The quantitative estimate of drug-likeness (QED) is 0.676. The van der Waals surface area contributed by atoms with E-state index in [0.717, 1.165) is 0 Å². The van der Waals surface area contributed by atoms with E-state index in [2.05, 4.69) is 0 Å². The van der Waals surface area contributed by atoms with Crippen molar-refractivity contribution in [2.24, 2.45) is 0 Å². The van der Waals surface area contributed by atoms with Crippen molar-refractivity contribution in [1.82, 2.24) is 0 Å². The minimum Gasteiger partial charge on any atom is -0.507 e. The number of ketones is 1. The fraction of sp³-hybridized carbons (Fsp3) is 0.118. The molecule has 0 saturated carbocycles. The number of ether oxygens (including phenoxy) is 2. The van der Waals surface area contributed by atoms with Gasteiger partial charge in [-0.3, -0.25) is 4.79 Å². The standard InChI is InChI=1S/C17H16O4/c1-20-16-8-4-3-6-12(16)15(19)11-10-13-14(18)7-5-9-17(13)21-2/h3-11,18H,1-2H3. The Balaban J connectivity index is 2.32. The van der Waals surface area contributed by atoms with Gasteiger partial charge in [-0.2, -0.15) is 0 Å². The highest BCUT2D eigenvalue weighted by Crippen LogP contribution is 2.29. The molecule has 0 aliphatic heterocycles.